The number of pyridine rings is 1. The molecule has 0 atom stereocenters. The number of amides is 2. The molecule has 0 saturated carbocycles. The highest BCUT2D eigenvalue weighted by molar-refractivity contribution is 7.08. The van der Waals surface area contributed by atoms with Crippen LogP contribution in [0.1, 0.15) is 11.3 Å². The van der Waals surface area contributed by atoms with Crippen LogP contribution in [-0.4, -0.2) is 15.9 Å². The average molecular weight is 313 g/mol. The molecule has 0 aromatic carbocycles. The molecule has 0 radical (unpaired) electrons. The first-order valence-corrected chi connectivity index (χ1v) is 7.75. The molecule has 22 heavy (non-hydrogen) atoms. The Morgan fingerprint density at radius 2 is 2.23 bits per heavy atom. The summed E-state index contributed by atoms with van der Waals surface area (Å²) in [7, 11) is 0. The number of urea groups is 1. The van der Waals surface area contributed by atoms with Gasteiger partial charge < -0.3 is 14.6 Å². The van der Waals surface area contributed by atoms with Crippen LogP contribution in [0.15, 0.2) is 64.2 Å². The van der Waals surface area contributed by atoms with Gasteiger partial charge in [0, 0.05) is 24.3 Å². The number of anilines is 1. The normalized spacial score (nSPS) is 10.4. The van der Waals surface area contributed by atoms with Gasteiger partial charge in [-0.25, -0.2) is 4.79 Å². The van der Waals surface area contributed by atoms with Gasteiger partial charge in [-0.1, -0.05) is 6.07 Å². The number of carbonyl (C=O) groups is 1. The van der Waals surface area contributed by atoms with E-state index < -0.39 is 0 Å². The van der Waals surface area contributed by atoms with Crippen molar-refractivity contribution in [2.45, 2.75) is 13.1 Å². The number of rotatable bonds is 5. The summed E-state index contributed by atoms with van der Waals surface area (Å²) < 4.78 is 5.35. The van der Waals surface area contributed by atoms with Gasteiger partial charge in [0.25, 0.3) is 0 Å². The third-order valence-corrected chi connectivity index (χ3v) is 3.77. The molecule has 0 bridgehead atoms. The number of nitrogens with one attached hydrogen (secondary N) is 1. The molecule has 0 unspecified atom stereocenters. The molecule has 0 spiro atoms. The highest BCUT2D eigenvalue weighted by atomic mass is 32.1. The van der Waals surface area contributed by atoms with Gasteiger partial charge in [-0.15, -0.1) is 0 Å². The van der Waals surface area contributed by atoms with Gasteiger partial charge in [0.15, 0.2) is 0 Å². The zero-order chi connectivity index (χ0) is 15.2. The molecular formula is C16H15N3O2S. The van der Waals surface area contributed by atoms with Crippen molar-refractivity contribution in [2.24, 2.45) is 0 Å². The highest BCUT2D eigenvalue weighted by Crippen LogP contribution is 2.15. The van der Waals surface area contributed by atoms with Crippen LogP contribution in [0.4, 0.5) is 10.5 Å². The SMILES string of the molecule is O=C(Nc1ccsc1)N(Cc1cccnc1)Cc1ccco1. The molecule has 112 valence electrons. The van der Waals surface area contributed by atoms with Gasteiger partial charge >= 0.3 is 6.03 Å². The van der Waals surface area contributed by atoms with Crippen LogP contribution in [0.25, 0.3) is 0 Å². The van der Waals surface area contributed by atoms with E-state index in [-0.39, 0.29) is 6.03 Å². The molecule has 0 fully saturated rings. The number of nitrogens with zero attached hydrogens (tertiary/aromatic N) is 2. The van der Waals surface area contributed by atoms with Crippen molar-refractivity contribution in [1.82, 2.24) is 9.88 Å². The third kappa shape index (κ3) is 3.73. The Morgan fingerprint density at radius 3 is 2.91 bits per heavy atom. The largest absolute Gasteiger partial charge is 0.467 e. The minimum Gasteiger partial charge on any atom is -0.467 e. The Hall–Kier alpha value is -2.60. The van der Waals surface area contributed by atoms with Crippen molar-refractivity contribution < 1.29 is 9.21 Å². The minimum atomic E-state index is -0.168. The van der Waals surface area contributed by atoms with Crippen LogP contribution >= 0.6 is 11.3 Å². The van der Waals surface area contributed by atoms with Crippen LogP contribution in [-0.2, 0) is 13.1 Å². The van der Waals surface area contributed by atoms with Crippen molar-refractivity contribution >= 4 is 23.1 Å². The molecule has 3 aromatic rings. The Balaban J connectivity index is 1.74. The molecule has 3 rings (SSSR count). The topological polar surface area (TPSA) is 58.4 Å². The van der Waals surface area contributed by atoms with Crippen LogP contribution in [0.3, 0.4) is 0 Å². The molecule has 3 aromatic heterocycles. The fourth-order valence-corrected chi connectivity index (χ4v) is 2.63. The Labute approximate surface area is 132 Å². The Morgan fingerprint density at radius 1 is 1.27 bits per heavy atom. The Bertz CT molecular complexity index is 696. The van der Waals surface area contributed by atoms with Crippen LogP contribution in [0, 0.1) is 0 Å². The fraction of sp³-hybridized carbons (Fsp3) is 0.125. The Kier molecular flexibility index (Phi) is 4.50. The second-order valence-corrected chi connectivity index (χ2v) is 5.52. The summed E-state index contributed by atoms with van der Waals surface area (Å²) in [4.78, 5) is 18.3. The molecule has 1 N–H and O–H groups in total. The monoisotopic (exact) mass is 313 g/mol. The smallest absolute Gasteiger partial charge is 0.322 e. The molecule has 6 heteroatoms. The maximum absolute atomic E-state index is 12.5. The van der Waals surface area contributed by atoms with Crippen molar-refractivity contribution in [3.05, 3.63) is 71.1 Å². The lowest BCUT2D eigenvalue weighted by atomic mass is 10.2. The zero-order valence-electron chi connectivity index (χ0n) is 11.8. The number of furan rings is 1. The molecule has 2 amide bonds. The standard InChI is InChI=1S/C16H15N3O2S/c20-16(18-14-5-8-22-12-14)19(11-15-4-2-7-21-15)10-13-3-1-6-17-9-13/h1-9,12H,10-11H2,(H,18,20). The van der Waals surface area contributed by atoms with E-state index in [1.807, 2.05) is 41.1 Å². The lowest BCUT2D eigenvalue weighted by Crippen LogP contribution is -2.33. The summed E-state index contributed by atoms with van der Waals surface area (Å²) in [6.45, 7) is 0.863. The lowest BCUT2D eigenvalue weighted by molar-refractivity contribution is 0.201. The first-order valence-electron chi connectivity index (χ1n) is 6.80. The van der Waals surface area contributed by atoms with Crippen molar-refractivity contribution in [3.63, 3.8) is 0 Å². The average Bonchev–Trinajstić information content (AvgIpc) is 3.21. The van der Waals surface area contributed by atoms with Gasteiger partial charge in [0.05, 0.1) is 18.5 Å². The van der Waals surface area contributed by atoms with E-state index in [2.05, 4.69) is 10.3 Å². The van der Waals surface area contributed by atoms with Gasteiger partial charge in [-0.3, -0.25) is 4.98 Å². The fourth-order valence-electron chi connectivity index (χ4n) is 2.04. The summed E-state index contributed by atoms with van der Waals surface area (Å²) in [6, 6.07) is 9.18. The van der Waals surface area contributed by atoms with E-state index in [1.165, 1.54) is 0 Å². The molecule has 0 aliphatic heterocycles. The van der Waals surface area contributed by atoms with E-state index in [1.54, 1.807) is 34.9 Å². The second-order valence-electron chi connectivity index (χ2n) is 4.74. The van der Waals surface area contributed by atoms with Crippen LogP contribution in [0.2, 0.25) is 0 Å². The summed E-state index contributed by atoms with van der Waals surface area (Å²) >= 11 is 1.54. The van der Waals surface area contributed by atoms with E-state index >= 15 is 0 Å². The maximum atomic E-state index is 12.5. The first-order chi connectivity index (χ1) is 10.8. The molecule has 3 heterocycles. The van der Waals surface area contributed by atoms with E-state index in [0.717, 1.165) is 17.0 Å². The summed E-state index contributed by atoms with van der Waals surface area (Å²) in [5.41, 5.74) is 1.76. The van der Waals surface area contributed by atoms with Crippen molar-refractivity contribution in [2.75, 3.05) is 5.32 Å². The molecule has 5 nitrogen and oxygen atoms in total. The number of aromatic nitrogens is 1. The first kappa shape index (κ1) is 14.3. The summed E-state index contributed by atoms with van der Waals surface area (Å²) in [5.74, 6) is 0.740. The lowest BCUT2D eigenvalue weighted by Gasteiger charge is -2.21. The zero-order valence-corrected chi connectivity index (χ0v) is 12.6. The second kappa shape index (κ2) is 6.91. The quantitative estimate of drug-likeness (QED) is 0.775. The predicted molar refractivity (Wildman–Crippen MR) is 85.5 cm³/mol. The van der Waals surface area contributed by atoms with Crippen molar-refractivity contribution in [3.8, 4) is 0 Å². The number of hydrogen-bond acceptors (Lipinski definition) is 4. The van der Waals surface area contributed by atoms with Crippen molar-refractivity contribution in [1.29, 1.82) is 0 Å². The highest BCUT2D eigenvalue weighted by Gasteiger charge is 2.16. The maximum Gasteiger partial charge on any atom is 0.322 e. The summed E-state index contributed by atoms with van der Waals surface area (Å²) in [6.07, 6.45) is 5.08. The number of carbonyl (C=O) groups excluding carboxylic acids is 1. The van der Waals surface area contributed by atoms with Gasteiger partial charge in [-0.2, -0.15) is 11.3 Å². The summed E-state index contributed by atoms with van der Waals surface area (Å²) in [5, 5.41) is 6.71. The van der Waals surface area contributed by atoms with E-state index in [9.17, 15) is 4.79 Å². The van der Waals surface area contributed by atoms with Crippen LogP contribution < -0.4 is 5.32 Å². The van der Waals surface area contributed by atoms with Gasteiger partial charge in [0.1, 0.15) is 5.76 Å². The molecule has 0 aliphatic carbocycles. The molecule has 0 saturated heterocycles. The molecular weight excluding hydrogens is 298 g/mol. The van der Waals surface area contributed by atoms with Gasteiger partial charge in [0.2, 0.25) is 0 Å². The predicted octanol–water partition coefficient (Wildman–Crippen LogP) is 3.97. The van der Waals surface area contributed by atoms with Gasteiger partial charge in [-0.05, 0) is 35.2 Å². The number of thiophene rings is 1. The van der Waals surface area contributed by atoms with E-state index in [4.69, 9.17) is 4.42 Å². The van der Waals surface area contributed by atoms with Crippen LogP contribution in [0.5, 0.6) is 0 Å². The van der Waals surface area contributed by atoms with E-state index in [0.29, 0.717) is 13.1 Å². The molecule has 0 aliphatic rings. The third-order valence-electron chi connectivity index (χ3n) is 3.08. The number of hydrogen-bond donors (Lipinski definition) is 1. The minimum absolute atomic E-state index is 0.168.